The number of hydrogen-bond acceptors (Lipinski definition) is 6. The van der Waals surface area contributed by atoms with Crippen LogP contribution in [0.5, 0.6) is 0 Å². The largest absolute Gasteiger partial charge is 0.459 e. The van der Waals surface area contributed by atoms with Gasteiger partial charge in [0, 0.05) is 0 Å². The van der Waals surface area contributed by atoms with Gasteiger partial charge in [-0.3, -0.25) is 0 Å². The average Bonchev–Trinajstić information content (AvgIpc) is 2.71. The van der Waals surface area contributed by atoms with E-state index in [1.165, 1.54) is 0 Å². The first kappa shape index (κ1) is 20.2. The molecule has 1 saturated heterocycles. The first-order valence-electron chi connectivity index (χ1n) is 9.17. The van der Waals surface area contributed by atoms with Gasteiger partial charge in [-0.1, -0.05) is 48.5 Å². The minimum atomic E-state index is -0.998. The van der Waals surface area contributed by atoms with E-state index in [1.807, 2.05) is 36.4 Å². The maximum Gasteiger partial charge on any atom is 0.338 e. The molecule has 1 aliphatic heterocycles. The zero-order valence-electron chi connectivity index (χ0n) is 15.9. The molecule has 28 heavy (non-hydrogen) atoms. The number of carbonyl (C=O) groups excluding carboxylic acids is 2. The molecule has 0 unspecified atom stereocenters. The van der Waals surface area contributed by atoms with Crippen LogP contribution in [0.3, 0.4) is 0 Å². The van der Waals surface area contributed by atoms with Crippen LogP contribution < -0.4 is 0 Å². The van der Waals surface area contributed by atoms with Crippen LogP contribution in [0.25, 0.3) is 0 Å². The SMILES string of the molecule is CC1(C)O[C@H](C=O)[C@H](OCc2ccccc2)[C@@H](COC(=O)c2ccccc2)O1. The maximum absolute atomic E-state index is 12.3. The third-order valence-electron chi connectivity index (χ3n) is 4.35. The van der Waals surface area contributed by atoms with Gasteiger partial charge in [-0.25, -0.2) is 4.79 Å². The summed E-state index contributed by atoms with van der Waals surface area (Å²) in [5, 5.41) is 0. The van der Waals surface area contributed by atoms with Crippen LogP contribution in [0.15, 0.2) is 60.7 Å². The number of ether oxygens (including phenoxy) is 4. The molecule has 2 aromatic carbocycles. The van der Waals surface area contributed by atoms with Crippen molar-refractivity contribution in [1.82, 2.24) is 0 Å². The van der Waals surface area contributed by atoms with Gasteiger partial charge in [0.1, 0.15) is 24.9 Å². The molecule has 3 rings (SSSR count). The van der Waals surface area contributed by atoms with Gasteiger partial charge >= 0.3 is 5.97 Å². The Morgan fingerprint density at radius 1 is 1.04 bits per heavy atom. The summed E-state index contributed by atoms with van der Waals surface area (Å²) in [4.78, 5) is 23.9. The Bertz CT molecular complexity index is 774. The Kier molecular flexibility index (Phi) is 6.57. The normalized spacial score (nSPS) is 23.7. The standard InChI is InChI=1S/C22H24O6/c1-22(2)27-18(13-23)20(25-14-16-9-5-3-6-10-16)19(28-22)15-26-21(24)17-11-7-4-8-12-17/h3-13,18-20H,14-15H2,1-2H3/t18-,19-,20+/m1/s1. The summed E-state index contributed by atoms with van der Waals surface area (Å²) in [5.74, 6) is -1.46. The average molecular weight is 384 g/mol. The van der Waals surface area contributed by atoms with Crippen molar-refractivity contribution in [3.05, 3.63) is 71.8 Å². The molecular formula is C22H24O6. The Hall–Kier alpha value is -2.54. The first-order valence-corrected chi connectivity index (χ1v) is 9.17. The Balaban J connectivity index is 1.69. The van der Waals surface area contributed by atoms with Crippen LogP contribution in [0.2, 0.25) is 0 Å². The Morgan fingerprint density at radius 3 is 2.32 bits per heavy atom. The first-order chi connectivity index (χ1) is 13.5. The highest BCUT2D eigenvalue weighted by atomic mass is 16.7. The predicted octanol–water partition coefficient (Wildman–Crippen LogP) is 3.15. The lowest BCUT2D eigenvalue weighted by atomic mass is 10.1. The van der Waals surface area contributed by atoms with Crippen LogP contribution in [0, 0.1) is 0 Å². The van der Waals surface area contributed by atoms with Crippen LogP contribution in [-0.2, 0) is 30.3 Å². The van der Waals surface area contributed by atoms with E-state index in [1.54, 1.807) is 38.1 Å². The summed E-state index contributed by atoms with van der Waals surface area (Å²) < 4.78 is 23.0. The van der Waals surface area contributed by atoms with Crippen molar-refractivity contribution in [2.75, 3.05) is 6.61 Å². The second-order valence-corrected chi connectivity index (χ2v) is 7.00. The number of hydrogen-bond donors (Lipinski definition) is 0. The van der Waals surface area contributed by atoms with Gasteiger partial charge in [-0.2, -0.15) is 0 Å². The molecule has 148 valence electrons. The molecule has 0 aromatic heterocycles. The zero-order chi connectivity index (χ0) is 20.0. The monoisotopic (exact) mass is 384 g/mol. The van der Waals surface area contributed by atoms with Gasteiger partial charge in [-0.05, 0) is 31.5 Å². The molecule has 6 nitrogen and oxygen atoms in total. The summed E-state index contributed by atoms with van der Waals surface area (Å²) in [6, 6.07) is 18.3. The molecule has 0 N–H and O–H groups in total. The van der Waals surface area contributed by atoms with Crippen LogP contribution >= 0.6 is 0 Å². The third-order valence-corrected chi connectivity index (χ3v) is 4.35. The van der Waals surface area contributed by atoms with Crippen molar-refractivity contribution >= 4 is 12.3 Å². The lowest BCUT2D eigenvalue weighted by Gasteiger charge is -2.43. The molecule has 0 bridgehead atoms. The molecule has 1 fully saturated rings. The molecule has 1 heterocycles. The highest BCUT2D eigenvalue weighted by Crippen LogP contribution is 2.29. The van der Waals surface area contributed by atoms with Crippen molar-refractivity contribution in [1.29, 1.82) is 0 Å². The fourth-order valence-corrected chi connectivity index (χ4v) is 3.08. The molecule has 3 atom stereocenters. The van der Waals surface area contributed by atoms with E-state index < -0.39 is 30.1 Å². The van der Waals surface area contributed by atoms with Gasteiger partial charge in [0.25, 0.3) is 0 Å². The highest BCUT2D eigenvalue weighted by molar-refractivity contribution is 5.89. The lowest BCUT2D eigenvalue weighted by Crippen LogP contribution is -2.57. The Morgan fingerprint density at radius 2 is 1.68 bits per heavy atom. The van der Waals surface area contributed by atoms with Gasteiger partial charge in [0.2, 0.25) is 0 Å². The summed E-state index contributed by atoms with van der Waals surface area (Å²) in [5.41, 5.74) is 1.40. The molecule has 1 aliphatic rings. The van der Waals surface area contributed by atoms with Crippen molar-refractivity contribution in [2.24, 2.45) is 0 Å². The molecular weight excluding hydrogens is 360 g/mol. The number of esters is 1. The van der Waals surface area contributed by atoms with Crippen LogP contribution in [0.4, 0.5) is 0 Å². The highest BCUT2D eigenvalue weighted by Gasteiger charge is 2.44. The minimum absolute atomic E-state index is 0.0513. The fourth-order valence-electron chi connectivity index (χ4n) is 3.08. The van der Waals surface area contributed by atoms with Crippen LogP contribution in [0.1, 0.15) is 29.8 Å². The van der Waals surface area contributed by atoms with E-state index in [-0.39, 0.29) is 13.2 Å². The minimum Gasteiger partial charge on any atom is -0.459 e. The molecule has 0 amide bonds. The molecule has 0 radical (unpaired) electrons. The van der Waals surface area contributed by atoms with Crippen LogP contribution in [-0.4, -0.2) is 43.0 Å². The van der Waals surface area contributed by atoms with Gasteiger partial charge in [0.15, 0.2) is 12.1 Å². The molecule has 6 heteroatoms. The summed E-state index contributed by atoms with van der Waals surface area (Å²) in [6.07, 6.45) is -1.47. The van der Waals surface area contributed by atoms with E-state index >= 15 is 0 Å². The van der Waals surface area contributed by atoms with E-state index in [2.05, 4.69) is 0 Å². The van der Waals surface area contributed by atoms with E-state index in [4.69, 9.17) is 18.9 Å². The van der Waals surface area contributed by atoms with E-state index in [9.17, 15) is 9.59 Å². The summed E-state index contributed by atoms with van der Waals surface area (Å²) in [7, 11) is 0. The van der Waals surface area contributed by atoms with Gasteiger partial charge < -0.3 is 23.7 Å². The third kappa shape index (κ3) is 5.25. The number of rotatable bonds is 7. The molecule has 0 spiro atoms. The number of aldehydes is 1. The maximum atomic E-state index is 12.3. The fraction of sp³-hybridized carbons (Fsp3) is 0.364. The zero-order valence-corrected chi connectivity index (χ0v) is 15.9. The van der Waals surface area contributed by atoms with Gasteiger partial charge in [0.05, 0.1) is 12.2 Å². The van der Waals surface area contributed by atoms with Crippen molar-refractivity contribution < 1.29 is 28.5 Å². The topological polar surface area (TPSA) is 71.1 Å². The molecule has 0 aliphatic carbocycles. The van der Waals surface area contributed by atoms with Crippen molar-refractivity contribution in [3.63, 3.8) is 0 Å². The van der Waals surface area contributed by atoms with Crippen molar-refractivity contribution in [3.8, 4) is 0 Å². The number of benzene rings is 2. The Labute approximate surface area is 164 Å². The van der Waals surface area contributed by atoms with Gasteiger partial charge in [-0.15, -0.1) is 0 Å². The summed E-state index contributed by atoms with van der Waals surface area (Å²) >= 11 is 0. The number of carbonyl (C=O) groups is 2. The molecule has 0 saturated carbocycles. The molecule has 2 aromatic rings. The second-order valence-electron chi connectivity index (χ2n) is 7.00. The van der Waals surface area contributed by atoms with Crippen molar-refractivity contribution in [2.45, 2.75) is 44.6 Å². The quantitative estimate of drug-likeness (QED) is 0.539. The summed E-state index contributed by atoms with van der Waals surface area (Å²) in [6.45, 7) is 3.66. The van der Waals surface area contributed by atoms with E-state index in [0.717, 1.165) is 5.56 Å². The van der Waals surface area contributed by atoms with E-state index in [0.29, 0.717) is 11.8 Å². The lowest BCUT2D eigenvalue weighted by molar-refractivity contribution is -0.333. The predicted molar refractivity (Wildman–Crippen MR) is 102 cm³/mol. The second kappa shape index (κ2) is 9.10. The smallest absolute Gasteiger partial charge is 0.338 e.